The van der Waals surface area contributed by atoms with Crippen LogP contribution in [0.2, 0.25) is 0 Å². The lowest BCUT2D eigenvalue weighted by molar-refractivity contribution is -0.870. The predicted molar refractivity (Wildman–Crippen MR) is 270 cm³/mol. The number of esters is 2. The molecule has 0 amide bonds. The zero-order valence-electron chi connectivity index (χ0n) is 43.9. The first-order valence-electron chi connectivity index (χ1n) is 28.2. The van der Waals surface area contributed by atoms with Crippen LogP contribution in [-0.2, 0) is 33.3 Å². The van der Waals surface area contributed by atoms with Crippen LogP contribution in [0.3, 0.4) is 0 Å². The van der Waals surface area contributed by atoms with Crippen molar-refractivity contribution in [3.8, 4) is 0 Å². The van der Waals surface area contributed by atoms with Crippen LogP contribution in [0, 0.1) is 0 Å². The van der Waals surface area contributed by atoms with Crippen LogP contribution in [0.1, 0.15) is 284 Å². The molecule has 9 nitrogen and oxygen atoms in total. The SMILES string of the molecule is CCCCCCCCCCCCCCCCCCCCCCCCCCCCCCC(=O)OC(COC(=O)CCCCCCCCCCCCCC)COC(OCC[N+](C)(C)C)C(=O)[O-]. The third-order valence-electron chi connectivity index (χ3n) is 12.9. The molecule has 2 atom stereocenters. The first-order chi connectivity index (χ1) is 31.6. The number of rotatable bonds is 53. The van der Waals surface area contributed by atoms with Crippen molar-refractivity contribution in [2.24, 2.45) is 0 Å². The van der Waals surface area contributed by atoms with E-state index in [-0.39, 0.29) is 32.2 Å². The molecule has 0 rings (SSSR count). The number of aliphatic carboxylic acids is 1. The van der Waals surface area contributed by atoms with E-state index in [0.717, 1.165) is 38.5 Å². The van der Waals surface area contributed by atoms with E-state index in [0.29, 0.717) is 17.4 Å². The van der Waals surface area contributed by atoms with Gasteiger partial charge in [0, 0.05) is 12.8 Å². The topological polar surface area (TPSA) is 111 Å². The maximum absolute atomic E-state index is 12.8. The highest BCUT2D eigenvalue weighted by molar-refractivity contribution is 5.70. The molecule has 0 saturated heterocycles. The maximum Gasteiger partial charge on any atom is 0.306 e. The lowest BCUT2D eigenvalue weighted by atomic mass is 10.0. The second-order valence-corrected chi connectivity index (χ2v) is 20.6. The molecule has 9 heteroatoms. The lowest BCUT2D eigenvalue weighted by Crippen LogP contribution is -2.44. The highest BCUT2D eigenvalue weighted by Crippen LogP contribution is 2.18. The van der Waals surface area contributed by atoms with Gasteiger partial charge in [-0.2, -0.15) is 0 Å². The number of carboxylic acid groups (broad SMARTS) is 1. The van der Waals surface area contributed by atoms with Crippen molar-refractivity contribution in [1.29, 1.82) is 0 Å². The van der Waals surface area contributed by atoms with Gasteiger partial charge in [0.15, 0.2) is 12.4 Å². The van der Waals surface area contributed by atoms with Gasteiger partial charge in [-0.3, -0.25) is 9.59 Å². The van der Waals surface area contributed by atoms with Crippen molar-refractivity contribution in [3.05, 3.63) is 0 Å². The van der Waals surface area contributed by atoms with Gasteiger partial charge in [-0.25, -0.2) is 0 Å². The van der Waals surface area contributed by atoms with Crippen LogP contribution in [-0.4, -0.2) is 82.3 Å². The van der Waals surface area contributed by atoms with Crippen molar-refractivity contribution in [2.45, 2.75) is 296 Å². The Morgan fingerprint density at radius 3 is 0.985 bits per heavy atom. The Bertz CT molecular complexity index is 1030. The number of nitrogens with zero attached hydrogens (tertiary/aromatic N) is 1. The van der Waals surface area contributed by atoms with E-state index in [9.17, 15) is 19.5 Å². The number of carbonyl (C=O) groups excluding carboxylic acids is 3. The van der Waals surface area contributed by atoms with Crippen molar-refractivity contribution >= 4 is 17.9 Å². The fourth-order valence-corrected chi connectivity index (χ4v) is 8.48. The molecule has 0 aromatic heterocycles. The van der Waals surface area contributed by atoms with Crippen LogP contribution >= 0.6 is 0 Å². The summed E-state index contributed by atoms with van der Waals surface area (Å²) in [4.78, 5) is 37.1. The van der Waals surface area contributed by atoms with E-state index in [2.05, 4.69) is 13.8 Å². The summed E-state index contributed by atoms with van der Waals surface area (Å²) in [5.41, 5.74) is 0. The molecule has 0 N–H and O–H groups in total. The highest BCUT2D eigenvalue weighted by atomic mass is 16.7. The number of carbonyl (C=O) groups is 3. The van der Waals surface area contributed by atoms with Gasteiger partial charge in [0.05, 0.1) is 40.3 Å². The molecule has 0 heterocycles. The van der Waals surface area contributed by atoms with Crippen LogP contribution in [0.4, 0.5) is 0 Å². The number of ether oxygens (including phenoxy) is 4. The fraction of sp³-hybridized carbons (Fsp3) is 0.946. The molecule has 0 radical (unpaired) electrons. The molecule has 0 saturated carbocycles. The molecule has 65 heavy (non-hydrogen) atoms. The molecule has 0 aromatic carbocycles. The third-order valence-corrected chi connectivity index (χ3v) is 12.9. The molecule has 0 aliphatic heterocycles. The molecule has 0 aliphatic rings. The van der Waals surface area contributed by atoms with Gasteiger partial charge in [0.25, 0.3) is 0 Å². The summed E-state index contributed by atoms with van der Waals surface area (Å²) in [6, 6.07) is 0. The quantitative estimate of drug-likeness (QED) is 0.0257. The Labute approximate surface area is 403 Å². The zero-order chi connectivity index (χ0) is 47.7. The van der Waals surface area contributed by atoms with Crippen LogP contribution in [0.5, 0.6) is 0 Å². The fourth-order valence-electron chi connectivity index (χ4n) is 8.48. The lowest BCUT2D eigenvalue weighted by Gasteiger charge is -2.26. The van der Waals surface area contributed by atoms with Gasteiger partial charge in [0.2, 0.25) is 0 Å². The smallest absolute Gasteiger partial charge is 0.306 e. The summed E-state index contributed by atoms with van der Waals surface area (Å²) in [7, 11) is 5.93. The summed E-state index contributed by atoms with van der Waals surface area (Å²) < 4.78 is 22.7. The maximum atomic E-state index is 12.8. The Balaban J connectivity index is 4.09. The Morgan fingerprint density at radius 1 is 0.400 bits per heavy atom. The highest BCUT2D eigenvalue weighted by Gasteiger charge is 2.22. The monoisotopic (exact) mass is 924 g/mol. The Kier molecular flexibility index (Phi) is 47.5. The van der Waals surface area contributed by atoms with Gasteiger partial charge in [-0.1, -0.05) is 258 Å². The Morgan fingerprint density at radius 2 is 0.692 bits per heavy atom. The number of likely N-dealkylation sites (N-methyl/N-ethyl adjacent to an activating group) is 1. The van der Waals surface area contributed by atoms with Crippen LogP contribution in [0.25, 0.3) is 0 Å². The van der Waals surface area contributed by atoms with Gasteiger partial charge in [-0.15, -0.1) is 0 Å². The van der Waals surface area contributed by atoms with E-state index in [1.54, 1.807) is 0 Å². The van der Waals surface area contributed by atoms with E-state index in [1.807, 2.05) is 21.1 Å². The van der Waals surface area contributed by atoms with Crippen molar-refractivity contribution in [1.82, 2.24) is 0 Å². The summed E-state index contributed by atoms with van der Waals surface area (Å²) >= 11 is 0. The molecular formula is C56H109NO8. The first-order valence-corrected chi connectivity index (χ1v) is 28.2. The van der Waals surface area contributed by atoms with Gasteiger partial charge < -0.3 is 33.3 Å². The van der Waals surface area contributed by atoms with E-state index >= 15 is 0 Å². The summed E-state index contributed by atoms with van der Waals surface area (Å²) in [5, 5.41) is 11.7. The summed E-state index contributed by atoms with van der Waals surface area (Å²) in [6.45, 7) is 4.79. The minimum absolute atomic E-state index is 0.153. The number of unbranched alkanes of at least 4 members (excludes halogenated alkanes) is 38. The first kappa shape index (κ1) is 63.3. The van der Waals surface area contributed by atoms with Crippen molar-refractivity contribution in [3.63, 3.8) is 0 Å². The minimum atomic E-state index is -1.61. The predicted octanol–water partition coefficient (Wildman–Crippen LogP) is 14.7. The zero-order valence-corrected chi connectivity index (χ0v) is 43.9. The van der Waals surface area contributed by atoms with Gasteiger partial charge in [-0.05, 0) is 12.8 Å². The molecule has 0 spiro atoms. The number of hydrogen-bond donors (Lipinski definition) is 0. The molecule has 2 unspecified atom stereocenters. The molecular weight excluding hydrogens is 815 g/mol. The Hall–Kier alpha value is -1.71. The molecule has 386 valence electrons. The number of hydrogen-bond acceptors (Lipinski definition) is 8. The van der Waals surface area contributed by atoms with Crippen LogP contribution in [0.15, 0.2) is 0 Å². The number of carboxylic acids is 1. The van der Waals surface area contributed by atoms with Crippen molar-refractivity contribution in [2.75, 3.05) is 47.5 Å². The minimum Gasteiger partial charge on any atom is -0.545 e. The molecule has 0 fully saturated rings. The third kappa shape index (κ3) is 50.0. The standard InChI is InChI=1S/C56H109NO8/c1-6-8-10-12-14-16-18-20-21-22-23-24-25-26-27-28-29-30-31-32-33-34-35-37-39-41-43-45-47-54(59)65-52(51-64-56(55(60)61)62-49-48-57(3,4)5)50-63-53(58)46-44-42-40-38-36-19-17-15-13-11-9-7-2/h52,56H,6-51H2,1-5H3. The van der Waals surface area contributed by atoms with Gasteiger partial charge >= 0.3 is 11.9 Å². The average molecular weight is 924 g/mol. The van der Waals surface area contributed by atoms with Crippen LogP contribution < -0.4 is 5.11 Å². The molecule has 0 aliphatic carbocycles. The normalized spacial score (nSPS) is 12.7. The largest absolute Gasteiger partial charge is 0.545 e. The van der Waals surface area contributed by atoms with E-state index < -0.39 is 24.3 Å². The average Bonchev–Trinajstić information content (AvgIpc) is 3.27. The summed E-state index contributed by atoms with van der Waals surface area (Å²) in [6.07, 6.45) is 50.2. The number of quaternary nitrogens is 1. The summed E-state index contributed by atoms with van der Waals surface area (Å²) in [5.74, 6) is -2.26. The van der Waals surface area contributed by atoms with Crippen molar-refractivity contribution < 1.29 is 42.9 Å². The molecule has 0 bridgehead atoms. The van der Waals surface area contributed by atoms with E-state index in [1.165, 1.54) is 218 Å². The van der Waals surface area contributed by atoms with E-state index in [4.69, 9.17) is 18.9 Å². The van der Waals surface area contributed by atoms with Gasteiger partial charge in [0.1, 0.15) is 13.2 Å². The molecule has 0 aromatic rings. The second kappa shape index (κ2) is 48.7. The second-order valence-electron chi connectivity index (χ2n) is 20.6.